The smallest absolute Gasteiger partial charge is 0.303 e. The van der Waals surface area contributed by atoms with Crippen molar-refractivity contribution in [3.63, 3.8) is 0 Å². The van der Waals surface area contributed by atoms with Crippen molar-refractivity contribution < 1.29 is 14.7 Å². The number of aliphatic carboxylic acids is 1. The van der Waals surface area contributed by atoms with Gasteiger partial charge in [-0.15, -0.1) is 0 Å². The third kappa shape index (κ3) is 7.45. The average Bonchev–Trinajstić information content (AvgIpc) is 2.79. The zero-order valence-electron chi connectivity index (χ0n) is 13.4. The fraction of sp³-hybridized carbons (Fsp3) is 0.778. The molecule has 0 radical (unpaired) electrons. The van der Waals surface area contributed by atoms with E-state index in [4.69, 9.17) is 5.11 Å². The molecule has 1 saturated carbocycles. The molecule has 1 rings (SSSR count). The van der Waals surface area contributed by atoms with E-state index in [1.165, 1.54) is 12.8 Å². The Morgan fingerprint density at radius 2 is 2.00 bits per heavy atom. The highest BCUT2D eigenvalue weighted by Crippen LogP contribution is 2.33. The lowest BCUT2D eigenvalue weighted by molar-refractivity contribution is -0.137. The van der Waals surface area contributed by atoms with Gasteiger partial charge in [0, 0.05) is 18.8 Å². The Kier molecular flexibility index (Phi) is 9.04. The van der Waals surface area contributed by atoms with Crippen molar-refractivity contribution in [1.29, 1.82) is 0 Å². The van der Waals surface area contributed by atoms with Crippen molar-refractivity contribution in [3.05, 3.63) is 12.2 Å². The second-order valence-electron chi connectivity index (χ2n) is 6.19. The van der Waals surface area contributed by atoms with Gasteiger partial charge in [-0.25, -0.2) is 0 Å². The predicted molar refractivity (Wildman–Crippen MR) is 85.2 cm³/mol. The summed E-state index contributed by atoms with van der Waals surface area (Å²) < 4.78 is 0. The molecule has 2 atom stereocenters. The minimum atomic E-state index is -0.710. The van der Waals surface area contributed by atoms with E-state index in [9.17, 15) is 9.59 Å². The molecule has 0 aromatic rings. The first-order chi connectivity index (χ1) is 10.1. The summed E-state index contributed by atoms with van der Waals surface area (Å²) in [5.74, 6) is 0.402. The predicted octanol–water partition coefficient (Wildman–Crippen LogP) is 4.75. The number of unbranched alkanes of at least 4 members (excludes halogenated alkanes) is 5. The molecule has 120 valence electrons. The topological polar surface area (TPSA) is 54.4 Å². The van der Waals surface area contributed by atoms with Crippen molar-refractivity contribution in [2.45, 2.75) is 77.6 Å². The highest BCUT2D eigenvalue weighted by Gasteiger charge is 2.31. The van der Waals surface area contributed by atoms with E-state index >= 15 is 0 Å². The second kappa shape index (κ2) is 10.6. The van der Waals surface area contributed by atoms with Crippen molar-refractivity contribution in [1.82, 2.24) is 0 Å². The van der Waals surface area contributed by atoms with E-state index in [2.05, 4.69) is 19.1 Å². The van der Waals surface area contributed by atoms with Crippen LogP contribution >= 0.6 is 0 Å². The molecule has 2 unspecified atom stereocenters. The molecule has 21 heavy (non-hydrogen) atoms. The zero-order chi connectivity index (χ0) is 15.5. The highest BCUT2D eigenvalue weighted by molar-refractivity contribution is 5.83. The summed E-state index contributed by atoms with van der Waals surface area (Å²) in [7, 11) is 0. The summed E-state index contributed by atoms with van der Waals surface area (Å²) in [6, 6.07) is 0. The highest BCUT2D eigenvalue weighted by atomic mass is 16.4. The minimum Gasteiger partial charge on any atom is -0.481 e. The number of carboxylic acid groups (broad SMARTS) is 1. The van der Waals surface area contributed by atoms with Crippen LogP contribution in [-0.2, 0) is 9.59 Å². The van der Waals surface area contributed by atoms with Gasteiger partial charge in [0.15, 0.2) is 0 Å². The molecular formula is C18H30O3. The van der Waals surface area contributed by atoms with E-state index in [0.29, 0.717) is 11.7 Å². The van der Waals surface area contributed by atoms with Crippen LogP contribution in [-0.4, -0.2) is 16.9 Å². The number of carbonyl (C=O) groups excluding carboxylic acids is 1. The Hall–Kier alpha value is -1.12. The van der Waals surface area contributed by atoms with Gasteiger partial charge in [0.2, 0.25) is 0 Å². The normalized spacial score (nSPS) is 22.2. The molecule has 0 amide bonds. The van der Waals surface area contributed by atoms with Gasteiger partial charge in [-0.05, 0) is 31.6 Å². The Bertz CT molecular complexity index is 346. The van der Waals surface area contributed by atoms with Crippen LogP contribution in [0.3, 0.4) is 0 Å². The number of hydrogen-bond donors (Lipinski definition) is 1. The SMILES string of the molecule is CCCC/C=C/C1CCC(=O)C1CCCCCCC(=O)O. The molecule has 0 saturated heterocycles. The van der Waals surface area contributed by atoms with Crippen molar-refractivity contribution in [2.75, 3.05) is 0 Å². The molecule has 0 spiro atoms. The molecule has 1 aliphatic rings. The van der Waals surface area contributed by atoms with E-state index in [0.717, 1.165) is 51.4 Å². The third-order valence-corrected chi connectivity index (χ3v) is 4.42. The zero-order valence-corrected chi connectivity index (χ0v) is 13.4. The van der Waals surface area contributed by atoms with Gasteiger partial charge >= 0.3 is 5.97 Å². The Morgan fingerprint density at radius 3 is 2.71 bits per heavy atom. The Labute approximate surface area is 128 Å². The van der Waals surface area contributed by atoms with E-state index in [1.807, 2.05) is 0 Å². The molecule has 1 aliphatic carbocycles. The van der Waals surface area contributed by atoms with Gasteiger partial charge in [-0.2, -0.15) is 0 Å². The number of ketones is 1. The van der Waals surface area contributed by atoms with Gasteiger partial charge in [-0.3, -0.25) is 9.59 Å². The molecule has 0 aliphatic heterocycles. The molecule has 1 fully saturated rings. The number of hydrogen-bond acceptors (Lipinski definition) is 2. The summed E-state index contributed by atoms with van der Waals surface area (Å²) in [5, 5.41) is 8.58. The van der Waals surface area contributed by atoms with Crippen LogP contribution in [0, 0.1) is 11.8 Å². The fourth-order valence-corrected chi connectivity index (χ4v) is 3.13. The Morgan fingerprint density at radius 1 is 1.24 bits per heavy atom. The van der Waals surface area contributed by atoms with Gasteiger partial charge in [0.25, 0.3) is 0 Å². The van der Waals surface area contributed by atoms with Gasteiger partial charge < -0.3 is 5.11 Å². The van der Waals surface area contributed by atoms with Crippen molar-refractivity contribution >= 4 is 11.8 Å². The lowest BCUT2D eigenvalue weighted by Gasteiger charge is -2.14. The summed E-state index contributed by atoms with van der Waals surface area (Å²) >= 11 is 0. The van der Waals surface area contributed by atoms with Gasteiger partial charge in [0.05, 0.1) is 0 Å². The maximum Gasteiger partial charge on any atom is 0.303 e. The van der Waals surface area contributed by atoms with Crippen LogP contribution in [0.5, 0.6) is 0 Å². The van der Waals surface area contributed by atoms with Gasteiger partial charge in [0.1, 0.15) is 5.78 Å². The maximum absolute atomic E-state index is 12.0. The largest absolute Gasteiger partial charge is 0.481 e. The van der Waals surface area contributed by atoms with Gasteiger partial charge in [-0.1, -0.05) is 51.2 Å². The lowest BCUT2D eigenvalue weighted by atomic mass is 9.89. The Balaban J connectivity index is 2.22. The van der Waals surface area contributed by atoms with E-state index in [-0.39, 0.29) is 12.3 Å². The van der Waals surface area contributed by atoms with Crippen LogP contribution in [0.2, 0.25) is 0 Å². The van der Waals surface area contributed by atoms with Crippen LogP contribution in [0.1, 0.15) is 77.6 Å². The third-order valence-electron chi connectivity index (χ3n) is 4.42. The van der Waals surface area contributed by atoms with E-state index < -0.39 is 5.97 Å². The monoisotopic (exact) mass is 294 g/mol. The van der Waals surface area contributed by atoms with Crippen LogP contribution in [0.4, 0.5) is 0 Å². The summed E-state index contributed by atoms with van der Waals surface area (Å²) in [6.45, 7) is 2.19. The van der Waals surface area contributed by atoms with Crippen LogP contribution in [0.25, 0.3) is 0 Å². The second-order valence-corrected chi connectivity index (χ2v) is 6.19. The number of Topliss-reactive ketones (excluding diaryl/α,β-unsaturated/α-hetero) is 1. The number of carboxylic acids is 1. The number of allylic oxidation sites excluding steroid dienone is 2. The van der Waals surface area contributed by atoms with Crippen molar-refractivity contribution in [3.8, 4) is 0 Å². The molecule has 3 heteroatoms. The van der Waals surface area contributed by atoms with E-state index in [1.54, 1.807) is 0 Å². The number of rotatable bonds is 11. The summed E-state index contributed by atoms with van der Waals surface area (Å²) in [5.41, 5.74) is 0. The molecule has 0 aromatic carbocycles. The quantitative estimate of drug-likeness (QED) is 0.442. The average molecular weight is 294 g/mol. The summed E-state index contributed by atoms with van der Waals surface area (Å²) in [6.07, 6.45) is 14.9. The number of carbonyl (C=O) groups is 2. The standard InChI is InChI=1S/C18H30O3/c1-2-3-4-7-10-15-13-14-17(19)16(15)11-8-5-6-9-12-18(20)21/h7,10,15-16H,2-6,8-9,11-14H2,1H3,(H,20,21)/b10-7+. The lowest BCUT2D eigenvalue weighted by Crippen LogP contribution is -2.13. The molecular weight excluding hydrogens is 264 g/mol. The maximum atomic E-state index is 12.0. The first-order valence-corrected chi connectivity index (χ1v) is 8.56. The molecule has 1 N–H and O–H groups in total. The fourth-order valence-electron chi connectivity index (χ4n) is 3.13. The first-order valence-electron chi connectivity index (χ1n) is 8.56. The molecule has 3 nitrogen and oxygen atoms in total. The molecule has 0 bridgehead atoms. The first kappa shape index (κ1) is 17.9. The molecule has 0 heterocycles. The minimum absolute atomic E-state index is 0.224. The van der Waals surface area contributed by atoms with Crippen LogP contribution < -0.4 is 0 Å². The van der Waals surface area contributed by atoms with Crippen molar-refractivity contribution in [2.24, 2.45) is 11.8 Å². The molecule has 0 aromatic heterocycles. The summed E-state index contributed by atoms with van der Waals surface area (Å²) in [4.78, 5) is 22.4. The van der Waals surface area contributed by atoms with Crippen LogP contribution in [0.15, 0.2) is 12.2 Å².